The molecule has 2 saturated heterocycles. The molecule has 2 heterocycles. The van der Waals surface area contributed by atoms with Gasteiger partial charge in [0.25, 0.3) is 0 Å². The van der Waals surface area contributed by atoms with Gasteiger partial charge in [0.1, 0.15) is 17.6 Å². The van der Waals surface area contributed by atoms with E-state index in [0.29, 0.717) is 30.9 Å². The second-order valence-electron chi connectivity index (χ2n) is 6.07. The molecule has 0 radical (unpaired) electrons. The van der Waals surface area contributed by atoms with Gasteiger partial charge in [0, 0.05) is 38.8 Å². The minimum absolute atomic E-state index is 0.0488. The van der Waals surface area contributed by atoms with Gasteiger partial charge in [-0.15, -0.1) is 0 Å². The van der Waals surface area contributed by atoms with Gasteiger partial charge in [-0.3, -0.25) is 14.5 Å². The number of carbonyl (C=O) groups is 2. The summed E-state index contributed by atoms with van der Waals surface area (Å²) in [7, 11) is 3.10. The number of ether oxygens (including phenoxy) is 1. The van der Waals surface area contributed by atoms with Crippen molar-refractivity contribution in [3.8, 4) is 5.75 Å². The Morgan fingerprint density at radius 2 is 2.08 bits per heavy atom. The lowest BCUT2D eigenvalue weighted by molar-refractivity contribution is -0.158. The largest absolute Gasteiger partial charge is 0.495 e. The normalized spacial score (nSPS) is 21.9. The number of piperazine rings is 2. The smallest absolute Gasteiger partial charge is 0.246 e. The van der Waals surface area contributed by atoms with Gasteiger partial charge in [-0.1, -0.05) is 11.6 Å². The lowest BCUT2D eigenvalue weighted by Gasteiger charge is -2.45. The lowest BCUT2D eigenvalue weighted by atomic mass is 10.1. The number of carbonyl (C=O) groups excluding carboxylic acids is 2. The molecule has 8 heteroatoms. The number of fused-ring (bicyclic) bond motifs is 1. The molecule has 2 aliphatic heterocycles. The van der Waals surface area contributed by atoms with Crippen molar-refractivity contribution in [2.45, 2.75) is 12.6 Å². The zero-order valence-corrected chi connectivity index (χ0v) is 14.3. The predicted molar refractivity (Wildman–Crippen MR) is 86.4 cm³/mol. The number of benzene rings is 1. The van der Waals surface area contributed by atoms with Crippen LogP contribution in [0.3, 0.4) is 0 Å². The maximum atomic E-state index is 14.1. The molecule has 2 aliphatic rings. The first-order valence-corrected chi connectivity index (χ1v) is 8.08. The van der Waals surface area contributed by atoms with E-state index in [0.717, 1.165) is 0 Å². The second kappa shape index (κ2) is 6.57. The van der Waals surface area contributed by atoms with Gasteiger partial charge in [0.15, 0.2) is 0 Å². The molecular formula is C16H19ClFN3O3. The van der Waals surface area contributed by atoms with Crippen LogP contribution < -0.4 is 4.74 Å². The van der Waals surface area contributed by atoms with Crippen molar-refractivity contribution in [3.05, 3.63) is 28.5 Å². The Morgan fingerprint density at radius 1 is 1.33 bits per heavy atom. The monoisotopic (exact) mass is 355 g/mol. The number of rotatable bonds is 3. The third kappa shape index (κ3) is 2.93. The van der Waals surface area contributed by atoms with Crippen molar-refractivity contribution in [2.24, 2.45) is 0 Å². The van der Waals surface area contributed by atoms with Crippen molar-refractivity contribution in [1.29, 1.82) is 0 Å². The molecule has 2 amide bonds. The van der Waals surface area contributed by atoms with E-state index in [1.807, 2.05) is 4.90 Å². The first-order chi connectivity index (χ1) is 11.4. The summed E-state index contributed by atoms with van der Waals surface area (Å²) in [5, 5.41) is 0.239. The van der Waals surface area contributed by atoms with Crippen molar-refractivity contribution >= 4 is 23.4 Å². The SMILES string of the molecule is COc1ccc(F)c(CN2CCN3C(=O)CN(C)C(=O)C3C2)c1Cl. The summed E-state index contributed by atoms with van der Waals surface area (Å²) < 4.78 is 19.3. The number of halogens is 2. The Labute approximate surface area is 144 Å². The van der Waals surface area contributed by atoms with Crippen molar-refractivity contribution in [3.63, 3.8) is 0 Å². The van der Waals surface area contributed by atoms with Crippen LogP contribution in [-0.4, -0.2) is 72.9 Å². The quantitative estimate of drug-likeness (QED) is 0.811. The van der Waals surface area contributed by atoms with E-state index in [-0.39, 0.29) is 29.9 Å². The molecular weight excluding hydrogens is 337 g/mol. The Balaban J connectivity index is 1.79. The summed E-state index contributed by atoms with van der Waals surface area (Å²) >= 11 is 6.21. The Bertz CT molecular complexity index is 685. The summed E-state index contributed by atoms with van der Waals surface area (Å²) in [6.45, 7) is 1.75. The fourth-order valence-electron chi connectivity index (χ4n) is 3.22. The van der Waals surface area contributed by atoms with Gasteiger partial charge in [0.2, 0.25) is 11.8 Å². The Hall–Kier alpha value is -1.86. The van der Waals surface area contributed by atoms with Crippen LogP contribution in [0.25, 0.3) is 0 Å². The van der Waals surface area contributed by atoms with Crippen molar-refractivity contribution in [2.75, 3.05) is 40.3 Å². The maximum Gasteiger partial charge on any atom is 0.246 e. The first-order valence-electron chi connectivity index (χ1n) is 7.70. The number of hydrogen-bond acceptors (Lipinski definition) is 4. The molecule has 3 rings (SSSR count). The predicted octanol–water partition coefficient (Wildman–Crippen LogP) is 0.973. The highest BCUT2D eigenvalue weighted by molar-refractivity contribution is 6.32. The summed E-state index contributed by atoms with van der Waals surface area (Å²) in [5.74, 6) is -0.134. The third-order valence-electron chi connectivity index (χ3n) is 4.57. The molecule has 24 heavy (non-hydrogen) atoms. The Morgan fingerprint density at radius 3 is 2.79 bits per heavy atom. The fraction of sp³-hybridized carbons (Fsp3) is 0.500. The molecule has 0 aromatic heterocycles. The molecule has 1 aromatic rings. The number of nitrogens with zero attached hydrogens (tertiary/aromatic N) is 3. The number of methoxy groups -OCH3 is 1. The Kier molecular flexibility index (Phi) is 4.64. The molecule has 0 bridgehead atoms. The van der Waals surface area contributed by atoms with Gasteiger partial charge >= 0.3 is 0 Å². The number of amides is 2. The molecule has 0 N–H and O–H groups in total. The van der Waals surface area contributed by atoms with Crippen LogP contribution in [0.5, 0.6) is 5.75 Å². The average molecular weight is 356 g/mol. The molecule has 0 spiro atoms. The van der Waals surface area contributed by atoms with E-state index < -0.39 is 11.9 Å². The molecule has 0 saturated carbocycles. The van der Waals surface area contributed by atoms with Crippen LogP contribution in [0.1, 0.15) is 5.56 Å². The molecule has 1 aromatic carbocycles. The summed E-state index contributed by atoms with van der Waals surface area (Å²) in [6.07, 6.45) is 0. The van der Waals surface area contributed by atoms with E-state index in [2.05, 4.69) is 0 Å². The molecule has 0 aliphatic carbocycles. The van der Waals surface area contributed by atoms with Crippen LogP contribution in [0.2, 0.25) is 5.02 Å². The minimum Gasteiger partial charge on any atom is -0.495 e. The summed E-state index contributed by atoms with van der Waals surface area (Å²) in [6, 6.07) is 2.29. The van der Waals surface area contributed by atoms with Crippen LogP contribution in [0, 0.1) is 5.82 Å². The van der Waals surface area contributed by atoms with Gasteiger partial charge in [0.05, 0.1) is 18.7 Å². The van der Waals surface area contributed by atoms with Crippen LogP contribution in [0.4, 0.5) is 4.39 Å². The van der Waals surface area contributed by atoms with E-state index in [1.165, 1.54) is 24.1 Å². The molecule has 2 fully saturated rings. The van der Waals surface area contributed by atoms with Crippen LogP contribution in [-0.2, 0) is 16.1 Å². The lowest BCUT2D eigenvalue weighted by Crippen LogP contribution is -2.65. The van der Waals surface area contributed by atoms with Gasteiger partial charge in [-0.25, -0.2) is 4.39 Å². The van der Waals surface area contributed by atoms with Crippen LogP contribution in [0.15, 0.2) is 12.1 Å². The topological polar surface area (TPSA) is 53.1 Å². The minimum atomic E-state index is -0.516. The number of hydrogen-bond donors (Lipinski definition) is 0. The highest BCUT2D eigenvalue weighted by Crippen LogP contribution is 2.31. The summed E-state index contributed by atoms with van der Waals surface area (Å²) in [4.78, 5) is 29.4. The zero-order chi connectivity index (χ0) is 17.4. The number of likely N-dealkylation sites (N-methyl/N-ethyl adjacent to an activating group) is 1. The zero-order valence-electron chi connectivity index (χ0n) is 13.6. The van der Waals surface area contributed by atoms with Crippen LogP contribution >= 0.6 is 11.6 Å². The highest BCUT2D eigenvalue weighted by Gasteiger charge is 2.41. The van der Waals surface area contributed by atoms with E-state index >= 15 is 0 Å². The molecule has 130 valence electrons. The van der Waals surface area contributed by atoms with Gasteiger partial charge in [-0.05, 0) is 12.1 Å². The van der Waals surface area contributed by atoms with E-state index in [1.54, 1.807) is 11.9 Å². The standard InChI is InChI=1S/C16H19ClFN3O3/c1-19-9-14(22)21-6-5-20(8-12(21)16(19)23)7-10-11(18)3-4-13(24-2)15(10)17/h3-4,12H,5-9H2,1-2H3. The van der Waals surface area contributed by atoms with Gasteiger partial charge in [-0.2, -0.15) is 0 Å². The highest BCUT2D eigenvalue weighted by atomic mass is 35.5. The van der Waals surface area contributed by atoms with Crippen molar-refractivity contribution < 1.29 is 18.7 Å². The third-order valence-corrected chi connectivity index (χ3v) is 4.99. The maximum absolute atomic E-state index is 14.1. The molecule has 6 nitrogen and oxygen atoms in total. The summed E-state index contributed by atoms with van der Waals surface area (Å²) in [5.41, 5.74) is 0.340. The first kappa shape index (κ1) is 17.0. The van der Waals surface area contributed by atoms with E-state index in [4.69, 9.17) is 16.3 Å². The van der Waals surface area contributed by atoms with Crippen molar-refractivity contribution in [1.82, 2.24) is 14.7 Å². The fourth-order valence-corrected chi connectivity index (χ4v) is 3.51. The van der Waals surface area contributed by atoms with E-state index in [9.17, 15) is 14.0 Å². The second-order valence-corrected chi connectivity index (χ2v) is 6.45. The van der Waals surface area contributed by atoms with Gasteiger partial charge < -0.3 is 14.5 Å². The molecule has 1 unspecified atom stereocenters. The molecule has 1 atom stereocenters. The average Bonchev–Trinajstić information content (AvgIpc) is 2.56.